The lowest BCUT2D eigenvalue weighted by Gasteiger charge is -2.26. The molecule has 0 bridgehead atoms. The van der Waals surface area contributed by atoms with Crippen molar-refractivity contribution >= 4 is 33.2 Å². The van der Waals surface area contributed by atoms with E-state index in [-0.39, 0.29) is 22.6 Å². The van der Waals surface area contributed by atoms with E-state index < -0.39 is 33.4 Å². The van der Waals surface area contributed by atoms with Gasteiger partial charge in [-0.3, -0.25) is 14.5 Å². The lowest BCUT2D eigenvalue weighted by molar-refractivity contribution is 0.0597. The predicted octanol–water partition coefficient (Wildman–Crippen LogP) is 2.48. The second-order valence-electron chi connectivity index (χ2n) is 7.38. The summed E-state index contributed by atoms with van der Waals surface area (Å²) in [5.74, 6) is -0.628. The SMILES string of the molecule is CCOc1cc([C@@H](CS(C)(=O)=O)N2C(=O)c3cccc(N=C(C)N)c3C2=O)ccc1OC. The van der Waals surface area contributed by atoms with Crippen molar-refractivity contribution in [2.75, 3.05) is 25.7 Å². The minimum atomic E-state index is -3.58. The van der Waals surface area contributed by atoms with E-state index in [9.17, 15) is 18.0 Å². The fraction of sp³-hybridized carbons (Fsp3) is 0.318. The van der Waals surface area contributed by atoms with E-state index >= 15 is 0 Å². The minimum absolute atomic E-state index is 0.0966. The van der Waals surface area contributed by atoms with Crippen molar-refractivity contribution in [2.45, 2.75) is 19.9 Å². The van der Waals surface area contributed by atoms with Crippen molar-refractivity contribution in [1.82, 2.24) is 4.90 Å². The van der Waals surface area contributed by atoms with Crippen LogP contribution in [-0.4, -0.2) is 56.7 Å². The third kappa shape index (κ3) is 4.59. The molecule has 2 N–H and O–H groups in total. The first kappa shape index (κ1) is 23.3. The van der Waals surface area contributed by atoms with E-state index in [0.717, 1.165) is 11.2 Å². The lowest BCUT2D eigenvalue weighted by atomic mass is 10.1. The van der Waals surface area contributed by atoms with Crippen molar-refractivity contribution in [3.8, 4) is 11.5 Å². The van der Waals surface area contributed by atoms with Gasteiger partial charge in [0.05, 0.1) is 48.2 Å². The molecule has 170 valence electrons. The maximum atomic E-state index is 13.4. The van der Waals surface area contributed by atoms with Crippen LogP contribution in [-0.2, 0) is 9.84 Å². The summed E-state index contributed by atoms with van der Waals surface area (Å²) in [6, 6.07) is 8.43. The highest BCUT2D eigenvalue weighted by Gasteiger charge is 2.43. The van der Waals surface area contributed by atoms with Gasteiger partial charge in [-0.25, -0.2) is 13.4 Å². The standard InChI is InChI=1S/C22H25N3O6S/c1-5-31-19-11-14(9-10-18(19)30-3)17(12-32(4,28)29)25-21(26)15-7-6-8-16(24-13(2)23)20(15)22(25)27/h6-11,17H,5,12H2,1-4H3,(H2,23,24)/t17-/m1/s1. The number of fused-ring (bicyclic) bond motifs is 1. The van der Waals surface area contributed by atoms with Crippen molar-refractivity contribution in [2.24, 2.45) is 10.7 Å². The Morgan fingerprint density at radius 2 is 1.88 bits per heavy atom. The highest BCUT2D eigenvalue weighted by Crippen LogP contribution is 2.39. The summed E-state index contributed by atoms with van der Waals surface area (Å²) in [4.78, 5) is 31.8. The van der Waals surface area contributed by atoms with E-state index in [0.29, 0.717) is 23.7 Å². The van der Waals surface area contributed by atoms with Gasteiger partial charge >= 0.3 is 0 Å². The summed E-state index contributed by atoms with van der Waals surface area (Å²) >= 11 is 0. The maximum Gasteiger partial charge on any atom is 0.264 e. The number of methoxy groups -OCH3 is 1. The van der Waals surface area contributed by atoms with Gasteiger partial charge in [-0.05, 0) is 43.7 Å². The number of nitrogens with two attached hydrogens (primary N) is 1. The summed E-state index contributed by atoms with van der Waals surface area (Å²) in [5.41, 5.74) is 6.60. The van der Waals surface area contributed by atoms with Crippen LogP contribution < -0.4 is 15.2 Å². The number of rotatable bonds is 8. The van der Waals surface area contributed by atoms with Crippen LogP contribution in [0, 0.1) is 0 Å². The van der Waals surface area contributed by atoms with Crippen LogP contribution >= 0.6 is 0 Å². The predicted molar refractivity (Wildman–Crippen MR) is 121 cm³/mol. The van der Waals surface area contributed by atoms with Crippen LogP contribution in [0.15, 0.2) is 41.4 Å². The van der Waals surface area contributed by atoms with Crippen molar-refractivity contribution in [3.05, 3.63) is 53.1 Å². The van der Waals surface area contributed by atoms with E-state index in [1.54, 1.807) is 44.2 Å². The number of imide groups is 1. The molecule has 2 amide bonds. The van der Waals surface area contributed by atoms with Crippen molar-refractivity contribution in [1.29, 1.82) is 0 Å². The van der Waals surface area contributed by atoms with Crippen molar-refractivity contribution < 1.29 is 27.5 Å². The number of sulfone groups is 1. The van der Waals surface area contributed by atoms with Crippen LogP contribution in [0.2, 0.25) is 0 Å². The number of ether oxygens (including phenoxy) is 2. The molecule has 1 heterocycles. The number of carbonyl (C=O) groups is 2. The molecular formula is C22H25N3O6S. The highest BCUT2D eigenvalue weighted by molar-refractivity contribution is 7.90. The Balaban J connectivity index is 2.15. The van der Waals surface area contributed by atoms with Crippen LogP contribution in [0.5, 0.6) is 11.5 Å². The second-order valence-corrected chi connectivity index (χ2v) is 9.57. The molecule has 32 heavy (non-hydrogen) atoms. The second kappa shape index (κ2) is 8.99. The van der Waals surface area contributed by atoms with E-state index in [1.165, 1.54) is 13.2 Å². The number of nitrogens with zero attached hydrogens (tertiary/aromatic N) is 2. The molecule has 1 aliphatic rings. The molecule has 1 aliphatic heterocycles. The number of hydrogen-bond acceptors (Lipinski definition) is 7. The number of amides is 2. The molecule has 10 heteroatoms. The number of aliphatic imine (C=N–C) groups is 1. The molecule has 0 aliphatic carbocycles. The lowest BCUT2D eigenvalue weighted by Crippen LogP contribution is -2.37. The topological polar surface area (TPSA) is 128 Å². The van der Waals surface area contributed by atoms with Crippen LogP contribution in [0.3, 0.4) is 0 Å². The van der Waals surface area contributed by atoms with Gasteiger partial charge in [0.25, 0.3) is 11.8 Å². The molecule has 0 saturated carbocycles. The molecule has 0 unspecified atom stereocenters. The van der Waals surface area contributed by atoms with Gasteiger partial charge in [0.15, 0.2) is 11.5 Å². The normalized spacial score (nSPS) is 15.0. The van der Waals surface area contributed by atoms with Crippen LogP contribution in [0.1, 0.15) is 46.2 Å². The molecular weight excluding hydrogens is 434 g/mol. The van der Waals surface area contributed by atoms with Gasteiger partial charge in [0, 0.05) is 6.26 Å². The molecule has 0 spiro atoms. The number of amidine groups is 1. The minimum Gasteiger partial charge on any atom is -0.493 e. The third-order valence-corrected chi connectivity index (χ3v) is 5.79. The zero-order chi connectivity index (χ0) is 23.6. The van der Waals surface area contributed by atoms with Gasteiger partial charge in [0.2, 0.25) is 0 Å². The zero-order valence-corrected chi connectivity index (χ0v) is 19.1. The number of hydrogen-bond donors (Lipinski definition) is 1. The zero-order valence-electron chi connectivity index (χ0n) is 18.3. The third-order valence-electron chi connectivity index (χ3n) is 4.87. The molecule has 0 fully saturated rings. The van der Waals surface area contributed by atoms with Crippen molar-refractivity contribution in [3.63, 3.8) is 0 Å². The highest BCUT2D eigenvalue weighted by atomic mass is 32.2. The number of benzene rings is 2. The smallest absolute Gasteiger partial charge is 0.264 e. The average molecular weight is 460 g/mol. The first-order chi connectivity index (χ1) is 15.1. The quantitative estimate of drug-likeness (QED) is 0.365. The Bertz CT molecular complexity index is 1200. The van der Waals surface area contributed by atoms with Gasteiger partial charge in [-0.1, -0.05) is 12.1 Å². The van der Waals surface area contributed by atoms with E-state index in [1.807, 2.05) is 0 Å². The average Bonchev–Trinajstić information content (AvgIpc) is 2.96. The van der Waals surface area contributed by atoms with Gasteiger partial charge in [-0.2, -0.15) is 0 Å². The maximum absolute atomic E-state index is 13.4. The molecule has 0 radical (unpaired) electrons. The van der Waals surface area contributed by atoms with Gasteiger partial charge in [-0.15, -0.1) is 0 Å². The van der Waals surface area contributed by atoms with Crippen LogP contribution in [0.25, 0.3) is 0 Å². The first-order valence-corrected chi connectivity index (χ1v) is 11.9. The summed E-state index contributed by atoms with van der Waals surface area (Å²) in [6.07, 6.45) is 1.05. The Kier molecular flexibility index (Phi) is 6.54. The molecule has 1 atom stereocenters. The first-order valence-electron chi connectivity index (χ1n) is 9.87. The fourth-order valence-electron chi connectivity index (χ4n) is 3.63. The van der Waals surface area contributed by atoms with E-state index in [2.05, 4.69) is 4.99 Å². The summed E-state index contributed by atoms with van der Waals surface area (Å²) < 4.78 is 35.4. The van der Waals surface area contributed by atoms with E-state index in [4.69, 9.17) is 15.2 Å². The fourth-order valence-corrected chi connectivity index (χ4v) is 4.54. The molecule has 3 rings (SSSR count). The molecule has 0 aromatic heterocycles. The monoisotopic (exact) mass is 459 g/mol. The molecule has 0 saturated heterocycles. The molecule has 9 nitrogen and oxygen atoms in total. The van der Waals surface area contributed by atoms with Crippen LogP contribution in [0.4, 0.5) is 5.69 Å². The Hall–Kier alpha value is -3.40. The van der Waals surface area contributed by atoms with Gasteiger partial charge < -0.3 is 15.2 Å². The van der Waals surface area contributed by atoms with Gasteiger partial charge in [0.1, 0.15) is 9.84 Å². The summed E-state index contributed by atoms with van der Waals surface area (Å²) in [6.45, 7) is 3.71. The number of carbonyl (C=O) groups excluding carboxylic acids is 2. The summed E-state index contributed by atoms with van der Waals surface area (Å²) in [7, 11) is -2.10. The summed E-state index contributed by atoms with van der Waals surface area (Å²) in [5, 5.41) is 0. The Labute approximate surface area is 186 Å². The molecule has 2 aromatic carbocycles. The Morgan fingerprint density at radius 3 is 2.47 bits per heavy atom. The largest absolute Gasteiger partial charge is 0.493 e. The molecule has 2 aromatic rings. The Morgan fingerprint density at radius 1 is 1.16 bits per heavy atom.